The summed E-state index contributed by atoms with van der Waals surface area (Å²) in [5.74, 6) is 0. The average molecular weight is 1110 g/mol. The van der Waals surface area contributed by atoms with Crippen molar-refractivity contribution in [2.45, 2.75) is 38.9 Å². The fourth-order valence-corrected chi connectivity index (χ4v) is 15.7. The lowest BCUT2D eigenvalue weighted by atomic mass is 8.21. The summed E-state index contributed by atoms with van der Waals surface area (Å²) in [6, 6.07) is 11.1. The highest BCUT2D eigenvalue weighted by molar-refractivity contribution is 8.40. The van der Waals surface area contributed by atoms with Crippen molar-refractivity contribution >= 4 is 546 Å². The summed E-state index contributed by atoms with van der Waals surface area (Å²) in [7, 11) is 251. The predicted octanol–water partition coefficient (Wildman–Crippen LogP) is -25.7. The third kappa shape index (κ3) is 23.1. The molecule has 0 unspecified atom stereocenters. The number of fused-ring (bicyclic) bond motifs is 2. The van der Waals surface area contributed by atoms with E-state index >= 15 is 0 Å². The summed E-state index contributed by atoms with van der Waals surface area (Å²) in [6.07, 6.45) is -53.3. The van der Waals surface area contributed by atoms with Crippen LogP contribution in [-0.4, -0.2) is 545 Å². The highest BCUT2D eigenvalue weighted by Gasteiger charge is 2.65. The Kier molecular flexibility index (Phi) is 39.5. The van der Waals surface area contributed by atoms with Crippen LogP contribution in [0.1, 0.15) is 27.7 Å². The van der Waals surface area contributed by atoms with Crippen LogP contribution in [0.3, 0.4) is 0 Å². The molecule has 1 aliphatic heterocycles. The highest BCUT2D eigenvalue weighted by Crippen LogP contribution is 2.36. The third-order valence-corrected chi connectivity index (χ3v) is 20.4. The first-order chi connectivity index (χ1) is 44.5. The van der Waals surface area contributed by atoms with Crippen LogP contribution in [0.5, 0.6) is 0 Å². The van der Waals surface area contributed by atoms with Gasteiger partial charge >= 0.3 is 7.12 Å². The van der Waals surface area contributed by atoms with E-state index in [9.17, 15) is 4.79 Å². The van der Waals surface area contributed by atoms with Gasteiger partial charge in [0.15, 0.2) is 0 Å². The van der Waals surface area contributed by atoms with E-state index in [0.717, 1.165) is 12.5 Å². The fourth-order valence-electron chi connectivity index (χ4n) is 15.7. The number of benzene rings is 1. The van der Waals surface area contributed by atoms with Gasteiger partial charge in [-0.05, 0) is 57.4 Å². The first-order valence-corrected chi connectivity index (χ1v) is 32.1. The van der Waals surface area contributed by atoms with E-state index in [-0.39, 0.29) is 5.56 Å². The molecule has 3 aromatic rings. The van der Waals surface area contributed by atoms with Gasteiger partial charge in [-0.25, -0.2) is 4.98 Å². The Hall–Kier alpha value is 2.57. The fraction of sp³-hybridized carbons (Fsp3) is 0.333. The lowest BCUT2D eigenvalue weighted by Gasteiger charge is -2.60. The van der Waals surface area contributed by atoms with Crippen LogP contribution in [0.2, 0.25) is 0 Å². The standard InChI is InChI=1S/C18H19BN2O3.B73/c1-17(2)18(3,4)24-19(23-17)12-9-10-21-15(11-12)20-14-8-6-5-7-13(14)16(21)22;1-38-57(39(2)3)66(56(36)37)71(67(58(40(4)5)41(6)7)59(42(8)9)43(10)11)73(70(64(52(28)29)53(30)31)65(54(32)33)55(34)35)72(68(60(44(12)13)45(14)15)61(46(16)17)47(18)19)69(62(48(20)21)49(22)23)63(50(24)25)51(26)27/h5-11H,1-4H3;. The van der Waals surface area contributed by atoms with Gasteiger partial charge in [0.25, 0.3) is 5.56 Å². The maximum absolute atomic E-state index is 12.6. The second kappa shape index (κ2) is 40.8. The monoisotopic (exact) mass is 1130 g/mol. The first kappa shape index (κ1) is 93.8. The molecule has 0 amide bonds. The third-order valence-electron chi connectivity index (χ3n) is 20.4. The minimum atomic E-state index is -1.76. The molecule has 97 heavy (non-hydrogen) atoms. The smallest absolute Gasteiger partial charge is 0.399 e. The number of aromatic nitrogens is 2. The van der Waals surface area contributed by atoms with Crippen LogP contribution < -0.4 is 11.0 Å². The lowest BCUT2D eigenvalue weighted by molar-refractivity contribution is 0.00578. The molecule has 1 fully saturated rings. The van der Waals surface area contributed by atoms with Gasteiger partial charge in [0.1, 0.15) is 5.65 Å². The van der Waals surface area contributed by atoms with Gasteiger partial charge < -0.3 is 9.31 Å². The molecule has 0 N–H and O–H groups in total. The van der Waals surface area contributed by atoms with E-state index in [0.29, 0.717) is 16.6 Å². The number of hydrogen-bond acceptors (Lipinski definition) is 4. The zero-order valence-electron chi connectivity index (χ0n) is 56.4. The Bertz CT molecular complexity index is 2640. The number of hydrogen-bond donors (Lipinski definition) is 0. The van der Waals surface area contributed by atoms with Crippen molar-refractivity contribution < 1.29 is 9.31 Å². The normalized spacial score (nSPS) is 12.1. The molecule has 4 rings (SSSR count). The van der Waals surface area contributed by atoms with Crippen LogP contribution in [-0.2, 0) is 9.31 Å². The molecule has 0 aliphatic carbocycles. The summed E-state index contributed by atoms with van der Waals surface area (Å²) in [5.41, 5.74) is 1.26. The van der Waals surface area contributed by atoms with Crippen molar-refractivity contribution in [1.82, 2.24) is 9.38 Å². The van der Waals surface area contributed by atoms with Crippen molar-refractivity contribution in [3.8, 4) is 0 Å². The zero-order chi connectivity index (χ0) is 75.0. The van der Waals surface area contributed by atoms with Gasteiger partial charge in [-0.3, -0.25) is 9.20 Å². The number of nitrogens with zero attached hydrogens (tertiary/aromatic N) is 2. The molecule has 5 nitrogen and oxygen atoms in total. The van der Waals surface area contributed by atoms with Crippen molar-refractivity contribution in [1.29, 1.82) is 0 Å². The number of rotatable bonds is 36. The number of pyridine rings is 1. The van der Waals surface area contributed by atoms with Crippen molar-refractivity contribution in [3.05, 3.63) is 52.9 Å². The van der Waals surface area contributed by atoms with Crippen molar-refractivity contribution in [2.24, 2.45) is 0 Å². The molecule has 0 spiro atoms. The molecule has 3 heterocycles. The molecule has 79 heteroatoms. The second-order valence-electron chi connectivity index (χ2n) is 27.6. The molecule has 2 aromatic heterocycles. The van der Waals surface area contributed by atoms with Gasteiger partial charge in [0.2, 0.25) is 0 Å². The van der Waals surface area contributed by atoms with Crippen LogP contribution in [0.15, 0.2) is 47.4 Å². The Morgan fingerprint density at radius 3 is 0.825 bits per heavy atom. The van der Waals surface area contributed by atoms with Gasteiger partial charge in [-0.2, -0.15) is 0 Å². The molecule has 341 valence electrons. The Morgan fingerprint density at radius 1 is 0.351 bits per heavy atom. The largest absolute Gasteiger partial charge is 0.495 e. The molecule has 1 saturated heterocycles. The van der Waals surface area contributed by atoms with Gasteiger partial charge in [0, 0.05) is 523 Å². The van der Waals surface area contributed by atoms with E-state index in [1.54, 1.807) is 16.7 Å². The summed E-state index contributed by atoms with van der Waals surface area (Å²) in [6.45, 7) is 8.07. The maximum atomic E-state index is 12.6. The quantitative estimate of drug-likeness (QED) is 0.0430. The van der Waals surface area contributed by atoms with Crippen LogP contribution >= 0.6 is 0 Å². The van der Waals surface area contributed by atoms with Crippen molar-refractivity contribution in [3.63, 3.8) is 0 Å². The van der Waals surface area contributed by atoms with E-state index in [2.05, 4.69) is 4.98 Å². The zero-order valence-corrected chi connectivity index (χ0v) is 56.4. The minimum absolute atomic E-state index is 0.0731. The molecule has 1 aliphatic rings. The molecule has 0 saturated carbocycles. The molecule has 75 radical (unpaired) electrons. The first-order valence-electron chi connectivity index (χ1n) is 32.1. The van der Waals surface area contributed by atoms with E-state index < -0.39 is 242 Å². The highest BCUT2D eigenvalue weighted by atomic mass is 16.7. The Balaban J connectivity index is 0.000000834. The van der Waals surface area contributed by atoms with E-state index in [1.165, 1.54) is 0 Å². The second-order valence-corrected chi connectivity index (χ2v) is 27.6. The summed E-state index contributed by atoms with van der Waals surface area (Å²) < 4.78 is 13.7. The van der Waals surface area contributed by atoms with E-state index in [1.807, 2.05) is 58.0 Å². The van der Waals surface area contributed by atoms with Gasteiger partial charge in [-0.15, -0.1) is 0 Å². The lowest BCUT2D eigenvalue weighted by Crippen LogP contribution is -2.99. The Labute approximate surface area is 650 Å². The number of para-hydroxylation sites is 1. The molecular formula is C18H19B74N2O3. The molecule has 1 aromatic carbocycles. The SMILES string of the molecule is CC1(C)OB(c2ccn3c(=O)c4ccccc4nc3c2)OC1(C)C.[B][B]B(B([B])[B])B(B([B])[B])B(B(B(B([B])[B])B([B])[B])B(B([B])[B])B([B])[B])B(B(B(B([B])[B])B([B])[B])B(B([B])[B])B([B])[B])B(B(B(B([B])[B])B([B])[B])B(B([B])[B])B([B])[B])B(B(B([B])[B])B([B])[B])B(B([B])[B])B([B])[B]. The topological polar surface area (TPSA) is 52.8 Å². The van der Waals surface area contributed by atoms with Crippen LogP contribution in [0, 0.1) is 0 Å². The van der Waals surface area contributed by atoms with Gasteiger partial charge in [-0.1, -0.05) is 12.1 Å². The Morgan fingerprint density at radius 2 is 0.588 bits per heavy atom. The minimum Gasteiger partial charge on any atom is -0.399 e. The molecule has 0 bridgehead atoms. The van der Waals surface area contributed by atoms with Crippen LogP contribution in [0.4, 0.5) is 0 Å². The average Bonchev–Trinajstić information content (AvgIpc) is 1.26. The molecular weight excluding hydrogens is 1090 g/mol. The summed E-state index contributed by atoms with van der Waals surface area (Å²) in [5, 5.41) is 0.610. The predicted molar refractivity (Wildman–Crippen MR) is 515 cm³/mol. The summed E-state index contributed by atoms with van der Waals surface area (Å²) in [4.78, 5) is 17.2. The van der Waals surface area contributed by atoms with E-state index in [4.69, 9.17) is 296 Å². The summed E-state index contributed by atoms with van der Waals surface area (Å²) >= 11 is 0. The van der Waals surface area contributed by atoms with Crippen molar-refractivity contribution in [2.75, 3.05) is 0 Å². The van der Waals surface area contributed by atoms with Crippen LogP contribution in [0.25, 0.3) is 16.6 Å². The van der Waals surface area contributed by atoms with Gasteiger partial charge in [0.05, 0.1) is 22.1 Å². The molecule has 0 atom stereocenters. The maximum Gasteiger partial charge on any atom is 0.495 e.